The Balaban J connectivity index is 1.32. The largest absolute Gasteiger partial charge is 0.445 e. The molecule has 0 unspecified atom stereocenters. The van der Waals surface area contributed by atoms with Gasteiger partial charge in [0.15, 0.2) is 0 Å². The number of hydrogen-bond donors (Lipinski definition) is 2. The van der Waals surface area contributed by atoms with Gasteiger partial charge in [-0.25, -0.2) is 4.79 Å². The van der Waals surface area contributed by atoms with E-state index in [1.807, 2.05) is 30.3 Å². The molecular weight excluding hydrogens is 326 g/mol. The number of carbonyl (C=O) groups is 1. The predicted octanol–water partition coefficient (Wildman–Crippen LogP) is 3.16. The van der Waals surface area contributed by atoms with Gasteiger partial charge in [-0.3, -0.25) is 0 Å². The fourth-order valence-corrected chi connectivity index (χ4v) is 4.22. The number of nitrogens with zero attached hydrogens (tertiary/aromatic N) is 1. The monoisotopic (exact) mass is 359 g/mol. The number of nitrogens with one attached hydrogen (secondary N) is 2. The number of amides is 1. The predicted molar refractivity (Wildman–Crippen MR) is 104 cm³/mol. The molecule has 1 heterocycles. The highest BCUT2D eigenvalue weighted by molar-refractivity contribution is 5.67. The van der Waals surface area contributed by atoms with Crippen molar-refractivity contribution in [1.29, 1.82) is 0 Å². The van der Waals surface area contributed by atoms with Crippen LogP contribution in [0.25, 0.3) is 0 Å². The van der Waals surface area contributed by atoms with Crippen LogP contribution in [0.15, 0.2) is 30.3 Å². The van der Waals surface area contributed by atoms with Crippen molar-refractivity contribution in [3.8, 4) is 0 Å². The van der Waals surface area contributed by atoms with Gasteiger partial charge in [0.25, 0.3) is 0 Å². The molecule has 1 amide bonds. The van der Waals surface area contributed by atoms with Crippen LogP contribution in [0.3, 0.4) is 0 Å². The maximum absolute atomic E-state index is 12.0. The van der Waals surface area contributed by atoms with E-state index in [1.165, 1.54) is 32.2 Å². The molecule has 1 aliphatic carbocycles. The minimum atomic E-state index is -0.288. The highest BCUT2D eigenvalue weighted by Gasteiger charge is 2.26. The van der Waals surface area contributed by atoms with Gasteiger partial charge in [-0.05, 0) is 70.1 Å². The van der Waals surface area contributed by atoms with Crippen molar-refractivity contribution >= 4 is 6.09 Å². The molecule has 144 valence electrons. The molecule has 3 rings (SSSR count). The van der Waals surface area contributed by atoms with E-state index in [0.717, 1.165) is 43.5 Å². The summed E-state index contributed by atoms with van der Waals surface area (Å²) >= 11 is 0. The maximum Gasteiger partial charge on any atom is 0.407 e. The Morgan fingerprint density at radius 1 is 1.12 bits per heavy atom. The van der Waals surface area contributed by atoms with Gasteiger partial charge in [-0.1, -0.05) is 30.3 Å². The Hall–Kier alpha value is -1.59. The van der Waals surface area contributed by atoms with Crippen LogP contribution < -0.4 is 10.6 Å². The topological polar surface area (TPSA) is 53.6 Å². The Morgan fingerprint density at radius 2 is 1.81 bits per heavy atom. The molecule has 2 fully saturated rings. The molecule has 0 atom stereocenters. The van der Waals surface area contributed by atoms with Gasteiger partial charge in [-0.15, -0.1) is 0 Å². The lowest BCUT2D eigenvalue weighted by molar-refractivity contribution is 0.124. The van der Waals surface area contributed by atoms with Gasteiger partial charge < -0.3 is 20.3 Å². The molecule has 5 nitrogen and oxygen atoms in total. The van der Waals surface area contributed by atoms with E-state index in [9.17, 15) is 4.79 Å². The van der Waals surface area contributed by atoms with E-state index in [2.05, 4.69) is 22.6 Å². The molecule has 5 heteroatoms. The molecule has 1 aromatic carbocycles. The molecule has 0 bridgehead atoms. The normalized spacial score (nSPS) is 24.4. The van der Waals surface area contributed by atoms with Gasteiger partial charge in [0.2, 0.25) is 0 Å². The molecule has 2 aliphatic rings. The Bertz CT molecular complexity index is 537. The van der Waals surface area contributed by atoms with Crippen molar-refractivity contribution in [2.75, 3.05) is 26.7 Å². The van der Waals surface area contributed by atoms with Crippen LogP contribution in [0, 0.1) is 5.92 Å². The highest BCUT2D eigenvalue weighted by atomic mass is 16.5. The molecule has 1 aliphatic heterocycles. The summed E-state index contributed by atoms with van der Waals surface area (Å²) in [6.07, 6.45) is 6.75. The summed E-state index contributed by atoms with van der Waals surface area (Å²) in [5, 5.41) is 6.48. The molecule has 0 radical (unpaired) electrons. The van der Waals surface area contributed by atoms with Crippen LogP contribution in [-0.2, 0) is 11.3 Å². The van der Waals surface area contributed by atoms with Crippen molar-refractivity contribution in [3.05, 3.63) is 35.9 Å². The summed E-state index contributed by atoms with van der Waals surface area (Å²) in [6, 6.07) is 10.8. The van der Waals surface area contributed by atoms with Crippen molar-refractivity contribution in [2.45, 2.75) is 57.2 Å². The fourth-order valence-electron chi connectivity index (χ4n) is 4.22. The lowest BCUT2D eigenvalue weighted by Crippen LogP contribution is -2.44. The molecule has 1 saturated carbocycles. The van der Waals surface area contributed by atoms with E-state index in [4.69, 9.17) is 4.74 Å². The van der Waals surface area contributed by atoms with Gasteiger partial charge in [0.1, 0.15) is 6.61 Å². The van der Waals surface area contributed by atoms with Crippen LogP contribution in [0.5, 0.6) is 0 Å². The second-order valence-electron chi connectivity index (χ2n) is 7.84. The van der Waals surface area contributed by atoms with E-state index in [0.29, 0.717) is 6.61 Å². The Kier molecular flexibility index (Phi) is 7.32. The summed E-state index contributed by atoms with van der Waals surface area (Å²) in [5.74, 6) is 0.758. The van der Waals surface area contributed by atoms with E-state index < -0.39 is 0 Å². The third-order valence-electron chi connectivity index (χ3n) is 5.86. The minimum Gasteiger partial charge on any atom is -0.445 e. The second kappa shape index (κ2) is 9.93. The zero-order valence-electron chi connectivity index (χ0n) is 16.0. The van der Waals surface area contributed by atoms with Gasteiger partial charge in [-0.2, -0.15) is 0 Å². The van der Waals surface area contributed by atoms with Crippen molar-refractivity contribution in [1.82, 2.24) is 15.5 Å². The standard InChI is InChI=1S/C21H33N3O2/c1-24(20-11-13-22-14-12-20)15-17-7-9-19(10-8-17)23-21(25)26-16-18-5-3-2-4-6-18/h2-6,17,19-20,22H,7-16H2,1H3,(H,23,25). The first-order valence-corrected chi connectivity index (χ1v) is 10.1. The number of alkyl carbamates (subject to hydrolysis) is 1. The summed E-state index contributed by atoms with van der Waals surface area (Å²) in [6.45, 7) is 3.83. The second-order valence-corrected chi connectivity index (χ2v) is 7.84. The molecule has 2 N–H and O–H groups in total. The average Bonchev–Trinajstić information content (AvgIpc) is 2.69. The highest BCUT2D eigenvalue weighted by Crippen LogP contribution is 2.26. The summed E-state index contributed by atoms with van der Waals surface area (Å²) < 4.78 is 5.34. The zero-order chi connectivity index (χ0) is 18.2. The SMILES string of the molecule is CN(CC1CCC(NC(=O)OCc2ccccc2)CC1)C1CCNCC1. The smallest absolute Gasteiger partial charge is 0.407 e. The molecule has 1 saturated heterocycles. The molecule has 0 spiro atoms. The third-order valence-corrected chi connectivity index (χ3v) is 5.86. The van der Waals surface area contributed by atoms with Crippen LogP contribution >= 0.6 is 0 Å². The van der Waals surface area contributed by atoms with Crippen LogP contribution in [-0.4, -0.2) is 49.8 Å². The third kappa shape index (κ3) is 5.99. The summed E-state index contributed by atoms with van der Waals surface area (Å²) in [7, 11) is 2.28. The minimum absolute atomic E-state index is 0.263. The van der Waals surface area contributed by atoms with Gasteiger partial charge in [0, 0.05) is 18.6 Å². The first-order chi connectivity index (χ1) is 12.7. The van der Waals surface area contributed by atoms with E-state index in [1.54, 1.807) is 0 Å². The fraction of sp³-hybridized carbons (Fsp3) is 0.667. The lowest BCUT2D eigenvalue weighted by Gasteiger charge is -2.36. The first kappa shape index (κ1) is 19.2. The number of benzene rings is 1. The molecule has 1 aromatic rings. The number of rotatable bonds is 6. The number of carbonyl (C=O) groups excluding carboxylic acids is 1. The number of hydrogen-bond acceptors (Lipinski definition) is 4. The van der Waals surface area contributed by atoms with Crippen molar-refractivity contribution < 1.29 is 9.53 Å². The van der Waals surface area contributed by atoms with Crippen molar-refractivity contribution in [3.63, 3.8) is 0 Å². The van der Waals surface area contributed by atoms with Crippen LogP contribution in [0.1, 0.15) is 44.1 Å². The Labute approximate surface area is 157 Å². The zero-order valence-corrected chi connectivity index (χ0v) is 16.0. The van der Waals surface area contributed by atoms with Gasteiger partial charge in [0.05, 0.1) is 0 Å². The average molecular weight is 360 g/mol. The summed E-state index contributed by atoms with van der Waals surface area (Å²) in [4.78, 5) is 14.6. The van der Waals surface area contributed by atoms with Crippen molar-refractivity contribution in [2.24, 2.45) is 5.92 Å². The molecule has 0 aromatic heterocycles. The lowest BCUT2D eigenvalue weighted by atomic mass is 9.85. The van der Waals surface area contributed by atoms with Gasteiger partial charge >= 0.3 is 6.09 Å². The Morgan fingerprint density at radius 3 is 2.50 bits per heavy atom. The quantitative estimate of drug-likeness (QED) is 0.819. The number of ether oxygens (including phenoxy) is 1. The molecular formula is C21H33N3O2. The van der Waals surface area contributed by atoms with Crippen LogP contribution in [0.4, 0.5) is 4.79 Å². The molecule has 26 heavy (non-hydrogen) atoms. The number of piperidine rings is 1. The first-order valence-electron chi connectivity index (χ1n) is 10.1. The van der Waals surface area contributed by atoms with E-state index in [-0.39, 0.29) is 12.1 Å². The van der Waals surface area contributed by atoms with Crippen LogP contribution in [0.2, 0.25) is 0 Å². The maximum atomic E-state index is 12.0. The van der Waals surface area contributed by atoms with E-state index >= 15 is 0 Å². The summed E-state index contributed by atoms with van der Waals surface area (Å²) in [5.41, 5.74) is 1.02.